The lowest BCUT2D eigenvalue weighted by atomic mass is 9.98. The van der Waals surface area contributed by atoms with Crippen molar-refractivity contribution in [1.29, 1.82) is 0 Å². The number of carbonyl (C=O) groups excluding carboxylic acids is 4. The number of carbonyl (C=O) groups is 4. The number of halogens is 1. The van der Waals surface area contributed by atoms with E-state index >= 15 is 0 Å². The van der Waals surface area contributed by atoms with Crippen molar-refractivity contribution >= 4 is 23.9 Å². The second-order valence-electron chi connectivity index (χ2n) is 5.05. The molecule has 0 saturated carbocycles. The van der Waals surface area contributed by atoms with Gasteiger partial charge in [-0.25, -0.2) is 4.39 Å². The molecule has 1 aliphatic heterocycles. The molecule has 1 saturated heterocycles. The molecule has 136 valence electrons. The molecule has 24 heavy (non-hydrogen) atoms. The van der Waals surface area contributed by atoms with Crippen LogP contribution in [-0.2, 0) is 42.9 Å². The molecule has 0 bridgehead atoms. The lowest BCUT2D eigenvalue weighted by Crippen LogP contribution is -2.61. The Kier molecular flexibility index (Phi) is 7.08. The first-order valence-corrected chi connectivity index (χ1v) is 7.06. The van der Waals surface area contributed by atoms with Gasteiger partial charge in [0.1, 0.15) is 12.7 Å². The van der Waals surface area contributed by atoms with Crippen LogP contribution in [0.1, 0.15) is 27.7 Å². The first-order chi connectivity index (χ1) is 11.1. The number of alkyl halides is 1. The van der Waals surface area contributed by atoms with E-state index in [0.717, 1.165) is 27.7 Å². The highest BCUT2D eigenvalue weighted by molar-refractivity contribution is 5.68. The van der Waals surface area contributed by atoms with Crippen LogP contribution in [-0.4, -0.2) is 61.3 Å². The van der Waals surface area contributed by atoms with Gasteiger partial charge in [-0.15, -0.1) is 0 Å². The maximum absolute atomic E-state index is 14.2. The van der Waals surface area contributed by atoms with Crippen molar-refractivity contribution < 1.29 is 47.3 Å². The Labute approximate surface area is 137 Å². The molecule has 0 amide bonds. The predicted octanol–water partition coefficient (Wildman–Crippen LogP) is 0.0390. The van der Waals surface area contributed by atoms with E-state index in [1.54, 1.807) is 0 Å². The maximum atomic E-state index is 14.2. The molecule has 0 aromatic rings. The van der Waals surface area contributed by atoms with Crippen molar-refractivity contribution in [2.24, 2.45) is 0 Å². The molecule has 0 aromatic heterocycles. The van der Waals surface area contributed by atoms with Gasteiger partial charge in [-0.05, 0) is 0 Å². The fraction of sp³-hybridized carbons (Fsp3) is 0.714. The molecule has 1 fully saturated rings. The average Bonchev–Trinajstić information content (AvgIpc) is 2.42. The molecule has 0 aromatic carbocycles. The number of esters is 4. The minimum atomic E-state index is -2.18. The number of rotatable bonds is 5. The van der Waals surface area contributed by atoms with E-state index in [9.17, 15) is 23.6 Å². The fourth-order valence-electron chi connectivity index (χ4n) is 2.18. The predicted molar refractivity (Wildman–Crippen MR) is 73.1 cm³/mol. The van der Waals surface area contributed by atoms with Gasteiger partial charge in [0, 0.05) is 27.7 Å². The molecule has 1 heterocycles. The van der Waals surface area contributed by atoms with Crippen LogP contribution in [0.5, 0.6) is 0 Å². The number of ether oxygens (including phenoxy) is 5. The Morgan fingerprint density at radius 2 is 1.25 bits per heavy atom. The lowest BCUT2D eigenvalue weighted by Gasteiger charge is -2.41. The summed E-state index contributed by atoms with van der Waals surface area (Å²) in [5, 5.41) is 0. The maximum Gasteiger partial charge on any atom is 0.303 e. The fourth-order valence-corrected chi connectivity index (χ4v) is 2.18. The van der Waals surface area contributed by atoms with Crippen molar-refractivity contribution in [2.45, 2.75) is 58.5 Å². The van der Waals surface area contributed by atoms with E-state index in [2.05, 4.69) is 0 Å². The first-order valence-electron chi connectivity index (χ1n) is 7.06. The summed E-state index contributed by atoms with van der Waals surface area (Å²) >= 11 is 0. The summed E-state index contributed by atoms with van der Waals surface area (Å²) in [7, 11) is 0. The van der Waals surface area contributed by atoms with Crippen molar-refractivity contribution in [1.82, 2.24) is 0 Å². The van der Waals surface area contributed by atoms with Gasteiger partial charge in [0.25, 0.3) is 0 Å². The summed E-state index contributed by atoms with van der Waals surface area (Å²) in [5.74, 6) is -3.09. The highest BCUT2D eigenvalue weighted by atomic mass is 19.1. The van der Waals surface area contributed by atoms with Gasteiger partial charge in [-0.2, -0.15) is 0 Å². The third-order valence-corrected chi connectivity index (χ3v) is 2.93. The van der Waals surface area contributed by atoms with Crippen molar-refractivity contribution in [2.75, 3.05) is 6.61 Å². The van der Waals surface area contributed by atoms with Crippen LogP contribution < -0.4 is 0 Å². The normalized spacial score (nSPS) is 29.3. The average molecular weight is 350 g/mol. The second kappa shape index (κ2) is 8.57. The SMILES string of the molecule is CC(=O)OCC1O[C@@H](F)C(OC(C)=O)C(OC(C)=O)[C@H]1OC(C)=O. The Morgan fingerprint density at radius 1 is 0.792 bits per heavy atom. The second-order valence-corrected chi connectivity index (χ2v) is 5.05. The minimum absolute atomic E-state index is 0.446. The van der Waals surface area contributed by atoms with Gasteiger partial charge in [0.05, 0.1) is 0 Å². The van der Waals surface area contributed by atoms with E-state index in [1.165, 1.54) is 0 Å². The molecule has 0 N–H and O–H groups in total. The third-order valence-electron chi connectivity index (χ3n) is 2.93. The molecule has 1 aliphatic rings. The zero-order valence-corrected chi connectivity index (χ0v) is 13.6. The van der Waals surface area contributed by atoms with Crippen molar-refractivity contribution in [3.05, 3.63) is 0 Å². The van der Waals surface area contributed by atoms with Crippen LogP contribution >= 0.6 is 0 Å². The summed E-state index contributed by atoms with van der Waals surface area (Å²) in [6.45, 7) is 3.85. The molecule has 5 atom stereocenters. The summed E-state index contributed by atoms with van der Waals surface area (Å²) < 4.78 is 38.7. The van der Waals surface area contributed by atoms with Gasteiger partial charge in [-0.1, -0.05) is 0 Å². The van der Waals surface area contributed by atoms with Crippen LogP contribution in [0.2, 0.25) is 0 Å². The topological polar surface area (TPSA) is 114 Å². The Bertz CT molecular complexity index is 506. The first kappa shape index (κ1) is 19.8. The standard InChI is InChI=1S/C14H19FO9/c1-6(16)20-5-10-11(21-7(2)17)12(22-8(3)18)13(14(15)24-10)23-9(4)19/h10-14H,5H2,1-4H3/t10?,11-,12?,13?,14+/m0/s1. The molecule has 10 heteroatoms. The quantitative estimate of drug-likeness (QED) is 0.500. The van der Waals surface area contributed by atoms with Crippen LogP contribution in [0.3, 0.4) is 0 Å². The number of hydrogen-bond donors (Lipinski definition) is 0. The highest BCUT2D eigenvalue weighted by Crippen LogP contribution is 2.29. The third kappa shape index (κ3) is 5.76. The minimum Gasteiger partial charge on any atom is -0.463 e. The molecule has 1 rings (SSSR count). The molecule has 9 nitrogen and oxygen atoms in total. The molecule has 0 spiro atoms. The molecule has 0 radical (unpaired) electrons. The van der Waals surface area contributed by atoms with Gasteiger partial charge in [-0.3, -0.25) is 19.2 Å². The van der Waals surface area contributed by atoms with E-state index in [4.69, 9.17) is 23.7 Å². The van der Waals surface area contributed by atoms with Gasteiger partial charge in [0.15, 0.2) is 18.3 Å². The Hall–Kier alpha value is -2.23. The van der Waals surface area contributed by atoms with E-state index in [-0.39, 0.29) is 0 Å². The van der Waals surface area contributed by atoms with E-state index < -0.39 is 61.3 Å². The van der Waals surface area contributed by atoms with Crippen molar-refractivity contribution in [3.63, 3.8) is 0 Å². The van der Waals surface area contributed by atoms with E-state index in [0.29, 0.717) is 0 Å². The molecular formula is C14H19FO9. The van der Waals surface area contributed by atoms with Crippen molar-refractivity contribution in [3.8, 4) is 0 Å². The Balaban J connectivity index is 3.11. The van der Waals surface area contributed by atoms with Crippen LogP contribution in [0.4, 0.5) is 4.39 Å². The van der Waals surface area contributed by atoms with Gasteiger partial charge >= 0.3 is 23.9 Å². The van der Waals surface area contributed by atoms with E-state index in [1.807, 2.05) is 0 Å². The van der Waals surface area contributed by atoms with Crippen LogP contribution in [0.25, 0.3) is 0 Å². The van der Waals surface area contributed by atoms with Crippen LogP contribution in [0, 0.1) is 0 Å². The monoisotopic (exact) mass is 350 g/mol. The smallest absolute Gasteiger partial charge is 0.303 e. The molecular weight excluding hydrogens is 331 g/mol. The summed E-state index contributed by atoms with van der Waals surface area (Å²) in [6.07, 6.45) is -7.85. The van der Waals surface area contributed by atoms with Crippen LogP contribution in [0.15, 0.2) is 0 Å². The van der Waals surface area contributed by atoms with Gasteiger partial charge < -0.3 is 23.7 Å². The molecule has 3 unspecified atom stereocenters. The summed E-state index contributed by atoms with van der Waals surface area (Å²) in [6, 6.07) is 0. The largest absolute Gasteiger partial charge is 0.463 e. The zero-order chi connectivity index (χ0) is 18.4. The van der Waals surface area contributed by atoms with Gasteiger partial charge in [0.2, 0.25) is 6.36 Å². The number of hydrogen-bond acceptors (Lipinski definition) is 9. The lowest BCUT2D eigenvalue weighted by molar-refractivity contribution is -0.277. The highest BCUT2D eigenvalue weighted by Gasteiger charge is 2.52. The Morgan fingerprint density at radius 3 is 1.71 bits per heavy atom. The summed E-state index contributed by atoms with van der Waals surface area (Å²) in [4.78, 5) is 44.7. The zero-order valence-electron chi connectivity index (χ0n) is 13.6. The summed E-state index contributed by atoms with van der Waals surface area (Å²) in [5.41, 5.74) is 0. The molecule has 0 aliphatic carbocycles.